The van der Waals surface area contributed by atoms with Crippen molar-refractivity contribution in [1.82, 2.24) is 4.57 Å². The van der Waals surface area contributed by atoms with Crippen molar-refractivity contribution in [3.63, 3.8) is 0 Å². The maximum atomic E-state index is 8.03. The minimum absolute atomic E-state index is 0.131. The number of hydrogen-bond acceptors (Lipinski definition) is 4. The largest absolute Gasteiger partial charge is 0.458 e. The van der Waals surface area contributed by atoms with Gasteiger partial charge in [0.2, 0.25) is 0 Å². The van der Waals surface area contributed by atoms with Gasteiger partial charge in [-0.1, -0.05) is 299 Å². The van der Waals surface area contributed by atoms with E-state index in [1.54, 1.807) is 0 Å². The van der Waals surface area contributed by atoms with Crippen LogP contribution in [0, 0.1) is 0 Å². The van der Waals surface area contributed by atoms with Crippen LogP contribution in [0.4, 0.5) is 34.1 Å². The molecule has 0 amide bonds. The highest BCUT2D eigenvalue weighted by atomic mass is 16.5. The zero-order valence-corrected chi connectivity index (χ0v) is 63.3. The van der Waals surface area contributed by atoms with Gasteiger partial charge in [-0.2, -0.15) is 0 Å². The van der Waals surface area contributed by atoms with Crippen LogP contribution in [0.5, 0.6) is 23.0 Å². The number of ether oxygens (including phenoxy) is 2. The van der Waals surface area contributed by atoms with Crippen LogP contribution in [0.25, 0.3) is 83.1 Å². The summed E-state index contributed by atoms with van der Waals surface area (Å²) in [7, 11) is 0. The Morgan fingerprint density at radius 3 is 1.25 bits per heavy atom. The number of aromatic nitrogens is 1. The number of benzene rings is 15. The summed E-state index contributed by atoms with van der Waals surface area (Å²) in [6.45, 7) is 20.6. The van der Waals surface area contributed by atoms with E-state index >= 15 is 0 Å². The lowest BCUT2D eigenvalue weighted by Crippen LogP contribution is -2.63. The Bertz CT molecular complexity index is 6430. The molecule has 5 nitrogen and oxygen atoms in total. The molecule has 1 aromatic heterocycles. The van der Waals surface area contributed by atoms with E-state index in [-0.39, 0.29) is 29.7 Å². The van der Waals surface area contributed by atoms with Crippen molar-refractivity contribution in [3.8, 4) is 84.3 Å². The predicted octanol–water partition coefficient (Wildman–Crippen LogP) is 22.8. The third-order valence-electron chi connectivity index (χ3n) is 24.9. The Morgan fingerprint density at radius 2 is 0.709 bits per heavy atom. The van der Waals surface area contributed by atoms with Crippen LogP contribution in [-0.4, -0.2) is 18.0 Å². The average molecular weight is 1410 g/mol. The monoisotopic (exact) mass is 1410 g/mol. The van der Waals surface area contributed by atoms with Gasteiger partial charge in [-0.15, -0.1) is 0 Å². The zero-order chi connectivity index (χ0) is 74.0. The molecule has 15 aromatic carbocycles. The molecule has 110 heavy (non-hydrogen) atoms. The molecule has 4 aliphatic heterocycles. The standard InChI is InChI=1S/C103H79B2N3O2/c1-100(2,3)65-53-66(101(4,5)6)55-68(54-65)107-88-49-28-24-45-82(88)104-85-60-84-92(61-93(85)110-95-59-69(58-91(107)98(95)104)106-86-47-26-19-38-74(86)75-39-20-27-48-87(75)106)109-94-52-64(70-40-30-41-76-73-37-18-23-44-81(73)103(96(70)76)79-42-21-16-35-71(79)72-36-17-22-43-80(72)103)51-90-97(94)105(84)83-46-25-29-50-89(83)108(90)99-77(62-31-12-10-13-32-62)56-67(102(7,8)9)57-78(99)63-33-14-11-15-34-63/h10-61H,1-9H3. The second-order valence-corrected chi connectivity index (χ2v) is 34.2. The van der Waals surface area contributed by atoms with Crippen LogP contribution < -0.4 is 52.1 Å². The Labute approximate surface area is 644 Å². The van der Waals surface area contributed by atoms with Gasteiger partial charge in [-0.25, -0.2) is 0 Å². The number of anilines is 6. The summed E-state index contributed by atoms with van der Waals surface area (Å²) in [4.78, 5) is 5.20. The van der Waals surface area contributed by atoms with Crippen molar-refractivity contribution < 1.29 is 9.47 Å². The molecule has 524 valence electrons. The third kappa shape index (κ3) is 9.18. The van der Waals surface area contributed by atoms with Gasteiger partial charge in [-0.3, -0.25) is 0 Å². The SMILES string of the molecule is CC(C)(C)c1cc(N2c3ccccc3B3c4cc5c(cc4Oc4cc(-n6c7ccccc7c7ccccc76)cc2c43)Oc2cc(-c3cccc4c3C3(c6ccccc6-c6ccccc63)c3ccccc3-4)cc3c2B5c2ccccc2N3c2c(-c3ccccc3)cc(C(C)(C)C)cc2-c2ccccc2)cc(C(C)(C)C)c1. The van der Waals surface area contributed by atoms with Crippen molar-refractivity contribution in [2.75, 3.05) is 9.80 Å². The van der Waals surface area contributed by atoms with Gasteiger partial charge in [0, 0.05) is 62.5 Å². The lowest BCUT2D eigenvalue weighted by molar-refractivity contribution is 0.465. The molecular weight excluding hydrogens is 1330 g/mol. The topological polar surface area (TPSA) is 29.9 Å². The van der Waals surface area contributed by atoms with Gasteiger partial charge in [0.15, 0.2) is 0 Å². The number of nitrogens with zero attached hydrogens (tertiary/aromatic N) is 3. The number of fused-ring (bicyclic) bond motifs is 21. The second-order valence-electron chi connectivity index (χ2n) is 34.2. The molecule has 1 spiro atoms. The molecule has 0 radical (unpaired) electrons. The minimum Gasteiger partial charge on any atom is -0.458 e. The van der Waals surface area contributed by atoms with Gasteiger partial charge in [0.05, 0.1) is 27.8 Å². The van der Waals surface area contributed by atoms with Gasteiger partial charge in [-0.05, 0) is 199 Å². The van der Waals surface area contributed by atoms with E-state index in [1.165, 1.54) is 82.9 Å². The van der Waals surface area contributed by atoms with Crippen molar-refractivity contribution in [2.24, 2.45) is 0 Å². The van der Waals surface area contributed by atoms with Gasteiger partial charge in [0.25, 0.3) is 13.4 Å². The molecule has 6 aliphatic rings. The van der Waals surface area contributed by atoms with E-state index in [9.17, 15) is 0 Å². The van der Waals surface area contributed by atoms with E-state index < -0.39 is 5.41 Å². The normalized spacial score (nSPS) is 14.2. The Hall–Kier alpha value is -12.6. The highest BCUT2D eigenvalue weighted by molar-refractivity contribution is 7.02. The van der Waals surface area contributed by atoms with Crippen LogP contribution in [0.1, 0.15) is 101 Å². The molecule has 0 N–H and O–H groups in total. The molecule has 7 heteroatoms. The predicted molar refractivity (Wildman–Crippen MR) is 461 cm³/mol. The fourth-order valence-corrected chi connectivity index (χ4v) is 19.9. The van der Waals surface area contributed by atoms with Crippen LogP contribution in [0.2, 0.25) is 0 Å². The van der Waals surface area contributed by atoms with Crippen LogP contribution in [0.15, 0.2) is 315 Å². The van der Waals surface area contributed by atoms with E-state index in [0.717, 1.165) is 129 Å². The number of para-hydroxylation sites is 4. The van der Waals surface area contributed by atoms with Crippen LogP contribution in [-0.2, 0) is 21.7 Å². The molecule has 0 saturated carbocycles. The van der Waals surface area contributed by atoms with Gasteiger partial charge < -0.3 is 23.8 Å². The maximum Gasteiger partial charge on any atom is 0.256 e. The summed E-state index contributed by atoms with van der Waals surface area (Å²) in [5, 5.41) is 2.41. The number of rotatable bonds is 6. The van der Waals surface area contributed by atoms with E-state index in [0.29, 0.717) is 0 Å². The molecule has 0 fully saturated rings. The number of hydrogen-bond donors (Lipinski definition) is 0. The highest BCUT2D eigenvalue weighted by Gasteiger charge is 2.54. The van der Waals surface area contributed by atoms with Gasteiger partial charge in [0.1, 0.15) is 23.0 Å². The second kappa shape index (κ2) is 23.2. The zero-order valence-electron chi connectivity index (χ0n) is 63.3. The first-order chi connectivity index (χ1) is 53.5. The lowest BCUT2D eigenvalue weighted by atomic mass is 9.31. The van der Waals surface area contributed by atoms with Crippen molar-refractivity contribution in [3.05, 3.63) is 354 Å². The summed E-state index contributed by atoms with van der Waals surface area (Å²) in [5.74, 6) is 3.20. The summed E-state index contributed by atoms with van der Waals surface area (Å²) < 4.78 is 18.3. The molecule has 16 aromatic rings. The molecule has 0 saturated heterocycles. The smallest absolute Gasteiger partial charge is 0.256 e. The van der Waals surface area contributed by atoms with Crippen molar-refractivity contribution in [2.45, 2.75) is 84.0 Å². The molecule has 0 bridgehead atoms. The highest BCUT2D eigenvalue weighted by Crippen LogP contribution is 2.65. The van der Waals surface area contributed by atoms with Crippen molar-refractivity contribution >= 4 is 102 Å². The van der Waals surface area contributed by atoms with Gasteiger partial charge >= 0.3 is 0 Å². The fraction of sp³-hybridized carbons (Fsp3) is 0.126. The molecule has 0 unspecified atom stereocenters. The lowest BCUT2D eigenvalue weighted by Gasteiger charge is -2.43. The van der Waals surface area contributed by atoms with E-state index in [1.807, 2.05) is 0 Å². The fourth-order valence-electron chi connectivity index (χ4n) is 19.9. The first-order valence-corrected chi connectivity index (χ1v) is 39.0. The Morgan fingerprint density at radius 1 is 0.282 bits per heavy atom. The summed E-state index contributed by atoms with van der Waals surface area (Å²) >= 11 is 0. The maximum absolute atomic E-state index is 8.03. The molecule has 2 aliphatic carbocycles. The molecule has 22 rings (SSSR count). The van der Waals surface area contributed by atoms with Crippen molar-refractivity contribution in [1.29, 1.82) is 0 Å². The minimum atomic E-state index is -0.622. The average Bonchev–Trinajstić information content (AvgIpc) is 1.50. The van der Waals surface area contributed by atoms with E-state index in [4.69, 9.17) is 9.47 Å². The van der Waals surface area contributed by atoms with E-state index in [2.05, 4.69) is 392 Å². The third-order valence-corrected chi connectivity index (χ3v) is 24.9. The summed E-state index contributed by atoms with van der Waals surface area (Å²) in [6, 6.07) is 120. The van der Waals surface area contributed by atoms with Crippen LogP contribution in [0.3, 0.4) is 0 Å². The summed E-state index contributed by atoms with van der Waals surface area (Å²) in [5.41, 5.74) is 36.7. The van der Waals surface area contributed by atoms with Crippen LogP contribution >= 0.6 is 0 Å². The Kier molecular flexibility index (Phi) is 13.6. The molecule has 5 heterocycles. The first kappa shape index (κ1) is 64.6. The molecule has 0 atom stereocenters. The molecular formula is C103H79B2N3O2. The Balaban J connectivity index is 0.821. The summed E-state index contributed by atoms with van der Waals surface area (Å²) in [6.07, 6.45) is 0. The quantitative estimate of drug-likeness (QED) is 0.155. The first-order valence-electron chi connectivity index (χ1n) is 39.0.